The molecule has 1 aliphatic rings. The van der Waals surface area contributed by atoms with Crippen LogP contribution in [0, 0.1) is 0 Å². The second kappa shape index (κ2) is 4.73. The molecule has 0 aliphatic carbocycles. The molecule has 6 heteroatoms. The summed E-state index contributed by atoms with van der Waals surface area (Å²) in [6.45, 7) is 4.23. The molecule has 3 rings (SSSR count). The molecule has 1 aliphatic heterocycles. The zero-order valence-corrected chi connectivity index (χ0v) is 11.9. The molecule has 0 unspecified atom stereocenters. The first-order valence-electron chi connectivity index (χ1n) is 6.79. The van der Waals surface area contributed by atoms with Crippen molar-refractivity contribution in [2.75, 3.05) is 5.73 Å². The van der Waals surface area contributed by atoms with Crippen molar-refractivity contribution in [3.8, 4) is 5.69 Å². The normalized spacial score (nSPS) is 14.2. The molecule has 108 valence electrons. The molecule has 0 radical (unpaired) electrons. The smallest absolute Gasteiger partial charge is 0.263 e. The summed E-state index contributed by atoms with van der Waals surface area (Å²) in [5.74, 6) is -0.144. The maximum atomic E-state index is 11.8. The average Bonchev–Trinajstić information content (AvgIpc) is 2.76. The van der Waals surface area contributed by atoms with Gasteiger partial charge < -0.3 is 5.73 Å². The van der Waals surface area contributed by atoms with Crippen molar-refractivity contribution in [3.05, 3.63) is 41.1 Å². The van der Waals surface area contributed by atoms with Crippen LogP contribution in [0.3, 0.4) is 0 Å². The number of rotatable bonds is 2. The van der Waals surface area contributed by atoms with Gasteiger partial charge in [0.05, 0.1) is 17.8 Å². The van der Waals surface area contributed by atoms with Crippen LogP contribution in [0.5, 0.6) is 0 Å². The third-order valence-corrected chi connectivity index (χ3v) is 3.61. The molecule has 2 heterocycles. The molecule has 0 saturated carbocycles. The van der Waals surface area contributed by atoms with Gasteiger partial charge in [-0.2, -0.15) is 5.10 Å². The maximum Gasteiger partial charge on any atom is 0.263 e. The van der Waals surface area contributed by atoms with Gasteiger partial charge in [0.1, 0.15) is 11.4 Å². The quantitative estimate of drug-likeness (QED) is 0.815. The highest BCUT2D eigenvalue weighted by atomic mass is 16.2. The van der Waals surface area contributed by atoms with Crippen molar-refractivity contribution in [2.45, 2.75) is 26.2 Å². The maximum absolute atomic E-state index is 11.8. The van der Waals surface area contributed by atoms with E-state index in [0.717, 1.165) is 5.69 Å². The number of fused-ring (bicyclic) bond motifs is 1. The summed E-state index contributed by atoms with van der Waals surface area (Å²) in [6.07, 6.45) is 0.0718. The predicted molar refractivity (Wildman–Crippen MR) is 78.2 cm³/mol. The van der Waals surface area contributed by atoms with Crippen molar-refractivity contribution >= 4 is 17.6 Å². The number of nitrogens with two attached hydrogens (primary N) is 1. The van der Waals surface area contributed by atoms with E-state index < -0.39 is 5.91 Å². The highest BCUT2D eigenvalue weighted by Crippen LogP contribution is 2.25. The Hall–Kier alpha value is -2.63. The van der Waals surface area contributed by atoms with E-state index in [1.165, 1.54) is 10.2 Å². The molecule has 0 atom stereocenters. The molecule has 0 saturated heterocycles. The zero-order valence-electron chi connectivity index (χ0n) is 11.9. The van der Waals surface area contributed by atoms with E-state index in [4.69, 9.17) is 5.73 Å². The Morgan fingerprint density at radius 1 is 1.24 bits per heavy atom. The molecular weight excluding hydrogens is 268 g/mol. The molecule has 6 nitrogen and oxygen atoms in total. The highest BCUT2D eigenvalue weighted by molar-refractivity contribution is 6.11. The summed E-state index contributed by atoms with van der Waals surface area (Å²) in [6, 6.07) is 7.82. The molecule has 2 aromatic rings. The Kier molecular flexibility index (Phi) is 3.01. The van der Waals surface area contributed by atoms with Gasteiger partial charge in [0.15, 0.2) is 0 Å². The van der Waals surface area contributed by atoms with Gasteiger partial charge in [-0.1, -0.05) is 26.0 Å². The minimum absolute atomic E-state index is 0.0718. The first kappa shape index (κ1) is 13.4. The van der Waals surface area contributed by atoms with Gasteiger partial charge in [0.25, 0.3) is 5.91 Å². The molecule has 1 aromatic carbocycles. The molecule has 2 amide bonds. The van der Waals surface area contributed by atoms with Gasteiger partial charge in [-0.25, -0.2) is 4.68 Å². The molecular formula is C15H16N4O2. The summed E-state index contributed by atoms with van der Waals surface area (Å²) in [5.41, 5.74) is 8.72. The van der Waals surface area contributed by atoms with Gasteiger partial charge in [-0.3, -0.25) is 14.9 Å². The third kappa shape index (κ3) is 2.18. The summed E-state index contributed by atoms with van der Waals surface area (Å²) >= 11 is 0. The largest absolute Gasteiger partial charge is 0.383 e. The summed E-state index contributed by atoms with van der Waals surface area (Å²) in [5, 5.41) is 6.56. The van der Waals surface area contributed by atoms with E-state index in [-0.39, 0.29) is 18.1 Å². The first-order chi connectivity index (χ1) is 9.97. The third-order valence-electron chi connectivity index (χ3n) is 3.61. The summed E-state index contributed by atoms with van der Waals surface area (Å²) in [7, 11) is 0. The van der Waals surface area contributed by atoms with Gasteiger partial charge in [-0.15, -0.1) is 0 Å². The fourth-order valence-corrected chi connectivity index (χ4v) is 2.43. The molecule has 21 heavy (non-hydrogen) atoms. The SMILES string of the molecule is CC(C)c1ccc(-n2nc3c(c2N)C(=O)NC(=O)C3)cc1. The lowest BCUT2D eigenvalue weighted by atomic mass is 10.0. The van der Waals surface area contributed by atoms with E-state index in [0.29, 0.717) is 17.2 Å². The molecule has 1 aromatic heterocycles. The van der Waals surface area contributed by atoms with E-state index in [1.807, 2.05) is 24.3 Å². The van der Waals surface area contributed by atoms with Crippen molar-refractivity contribution in [2.24, 2.45) is 0 Å². The topological polar surface area (TPSA) is 90.0 Å². The van der Waals surface area contributed by atoms with E-state index in [9.17, 15) is 9.59 Å². The molecule has 3 N–H and O–H groups in total. The highest BCUT2D eigenvalue weighted by Gasteiger charge is 2.29. The Balaban J connectivity index is 2.06. The predicted octanol–water partition coefficient (Wildman–Crippen LogP) is 1.39. The Morgan fingerprint density at radius 2 is 1.90 bits per heavy atom. The average molecular weight is 284 g/mol. The van der Waals surface area contributed by atoms with Crippen LogP contribution >= 0.6 is 0 Å². The molecule has 0 fully saturated rings. The van der Waals surface area contributed by atoms with Crippen molar-refractivity contribution in [1.29, 1.82) is 0 Å². The van der Waals surface area contributed by atoms with Crippen molar-refractivity contribution < 1.29 is 9.59 Å². The van der Waals surface area contributed by atoms with Gasteiger partial charge in [-0.05, 0) is 23.6 Å². The number of hydrogen-bond acceptors (Lipinski definition) is 4. The standard InChI is InChI=1S/C15H16N4O2/c1-8(2)9-3-5-10(6-4-9)19-14(16)13-11(18-19)7-12(20)17-15(13)21/h3-6,8H,7,16H2,1-2H3,(H,17,20,21). The number of imide groups is 1. The number of hydrogen-bond donors (Lipinski definition) is 2. The van der Waals surface area contributed by atoms with Crippen molar-refractivity contribution in [3.63, 3.8) is 0 Å². The Morgan fingerprint density at radius 3 is 2.52 bits per heavy atom. The van der Waals surface area contributed by atoms with Crippen LogP contribution in [0.15, 0.2) is 24.3 Å². The summed E-state index contributed by atoms with van der Waals surface area (Å²) < 4.78 is 1.51. The minimum Gasteiger partial charge on any atom is -0.383 e. The monoisotopic (exact) mass is 284 g/mol. The zero-order chi connectivity index (χ0) is 15.1. The lowest BCUT2D eigenvalue weighted by Gasteiger charge is -2.09. The fraction of sp³-hybridized carbons (Fsp3) is 0.267. The second-order valence-electron chi connectivity index (χ2n) is 5.42. The number of anilines is 1. The van der Waals surface area contributed by atoms with Crippen LogP contribution in [0.25, 0.3) is 5.69 Å². The van der Waals surface area contributed by atoms with Gasteiger partial charge in [0.2, 0.25) is 5.91 Å². The number of amides is 2. The van der Waals surface area contributed by atoms with Crippen LogP contribution in [0.1, 0.15) is 41.4 Å². The van der Waals surface area contributed by atoms with Crippen LogP contribution < -0.4 is 11.1 Å². The molecule has 0 spiro atoms. The van der Waals surface area contributed by atoms with E-state index in [1.54, 1.807) is 0 Å². The van der Waals surface area contributed by atoms with Crippen LogP contribution in [-0.4, -0.2) is 21.6 Å². The van der Waals surface area contributed by atoms with Crippen LogP contribution in [0.2, 0.25) is 0 Å². The minimum atomic E-state index is -0.483. The lowest BCUT2D eigenvalue weighted by Crippen LogP contribution is -2.37. The van der Waals surface area contributed by atoms with Gasteiger partial charge in [0, 0.05) is 0 Å². The van der Waals surface area contributed by atoms with E-state index >= 15 is 0 Å². The number of aromatic nitrogens is 2. The number of carbonyl (C=O) groups is 2. The Labute approximate surface area is 121 Å². The van der Waals surface area contributed by atoms with Crippen molar-refractivity contribution in [1.82, 2.24) is 15.1 Å². The van der Waals surface area contributed by atoms with E-state index in [2.05, 4.69) is 24.3 Å². The Bertz CT molecular complexity index is 729. The first-order valence-corrected chi connectivity index (χ1v) is 6.79. The van der Waals surface area contributed by atoms with Crippen LogP contribution in [-0.2, 0) is 11.2 Å². The fourth-order valence-electron chi connectivity index (χ4n) is 2.43. The van der Waals surface area contributed by atoms with Gasteiger partial charge >= 0.3 is 0 Å². The molecule has 0 bridgehead atoms. The number of nitrogen functional groups attached to an aromatic ring is 1. The van der Waals surface area contributed by atoms with Crippen LogP contribution in [0.4, 0.5) is 5.82 Å². The number of nitrogens with one attached hydrogen (secondary N) is 1. The number of benzene rings is 1. The summed E-state index contributed by atoms with van der Waals surface area (Å²) in [4.78, 5) is 23.2. The number of nitrogens with zero attached hydrogens (tertiary/aromatic N) is 2. The lowest BCUT2D eigenvalue weighted by molar-refractivity contribution is -0.119. The number of carbonyl (C=O) groups excluding carboxylic acids is 2. The second-order valence-corrected chi connectivity index (χ2v) is 5.42.